The van der Waals surface area contributed by atoms with Gasteiger partial charge in [0.05, 0.1) is 13.2 Å². The fraction of sp³-hybridized carbons (Fsp3) is 0.167. The number of aryl methyl sites for hydroxylation is 1. The van der Waals surface area contributed by atoms with E-state index in [-0.39, 0.29) is 0 Å². The van der Waals surface area contributed by atoms with E-state index in [1.165, 1.54) is 27.1 Å². The molecule has 0 bridgehead atoms. The summed E-state index contributed by atoms with van der Waals surface area (Å²) >= 11 is 0. The van der Waals surface area contributed by atoms with Crippen molar-refractivity contribution >= 4 is 21.5 Å². The Morgan fingerprint density at radius 2 is 1.27 bits per heavy atom. The van der Waals surface area contributed by atoms with E-state index in [4.69, 9.17) is 9.47 Å². The smallest absolute Gasteiger partial charge is 0.127 e. The van der Waals surface area contributed by atoms with Crippen LogP contribution in [0.2, 0.25) is 0 Å². The summed E-state index contributed by atoms with van der Waals surface area (Å²) in [5.74, 6) is 1.87. The van der Waals surface area contributed by atoms with Crippen molar-refractivity contribution in [2.24, 2.45) is 0 Å². The van der Waals surface area contributed by atoms with Crippen LogP contribution in [-0.2, 0) is 0 Å². The number of rotatable bonds is 0. The molecule has 0 atom stereocenters. The van der Waals surface area contributed by atoms with Gasteiger partial charge in [-0.1, -0.05) is 60.2 Å². The fourth-order valence-corrected chi connectivity index (χ4v) is 3.84. The minimum Gasteiger partial charge on any atom is -0.493 e. The van der Waals surface area contributed by atoms with Crippen LogP contribution in [0.1, 0.15) is 12.0 Å². The van der Waals surface area contributed by atoms with E-state index in [0.29, 0.717) is 13.2 Å². The van der Waals surface area contributed by atoms with Crippen molar-refractivity contribution in [3.63, 3.8) is 0 Å². The van der Waals surface area contributed by atoms with Crippen molar-refractivity contribution in [1.29, 1.82) is 0 Å². The van der Waals surface area contributed by atoms with Gasteiger partial charge in [0, 0.05) is 17.5 Å². The van der Waals surface area contributed by atoms with Crippen LogP contribution in [0.15, 0.2) is 66.7 Å². The third kappa shape index (κ3) is 2.41. The second-order valence-corrected chi connectivity index (χ2v) is 6.87. The SMILES string of the molecule is Cc1ccc2ccc3c(c2c1)-c1c(ccc2ccccc12)OCCCO3. The van der Waals surface area contributed by atoms with E-state index in [2.05, 4.69) is 73.7 Å². The number of ether oxygens (including phenoxy) is 2. The lowest BCUT2D eigenvalue weighted by Crippen LogP contribution is -2.03. The maximum absolute atomic E-state index is 6.18. The summed E-state index contributed by atoms with van der Waals surface area (Å²) in [5, 5.41) is 4.84. The Morgan fingerprint density at radius 1 is 0.654 bits per heavy atom. The van der Waals surface area contributed by atoms with Gasteiger partial charge >= 0.3 is 0 Å². The average molecular weight is 340 g/mol. The summed E-state index contributed by atoms with van der Waals surface area (Å²) in [6.45, 7) is 3.46. The Labute approximate surface area is 153 Å². The lowest BCUT2D eigenvalue weighted by molar-refractivity contribution is 0.252. The molecular weight excluding hydrogens is 320 g/mol. The van der Waals surface area contributed by atoms with Crippen LogP contribution in [0.3, 0.4) is 0 Å². The van der Waals surface area contributed by atoms with Crippen molar-refractivity contribution < 1.29 is 9.47 Å². The molecular formula is C24H20O2. The van der Waals surface area contributed by atoms with E-state index in [1.807, 2.05) is 0 Å². The topological polar surface area (TPSA) is 18.5 Å². The van der Waals surface area contributed by atoms with Gasteiger partial charge < -0.3 is 9.47 Å². The zero-order chi connectivity index (χ0) is 17.5. The molecule has 0 aliphatic carbocycles. The first-order valence-electron chi connectivity index (χ1n) is 9.12. The fourth-order valence-electron chi connectivity index (χ4n) is 3.84. The summed E-state index contributed by atoms with van der Waals surface area (Å²) in [6, 6.07) is 23.6. The highest BCUT2D eigenvalue weighted by Gasteiger charge is 2.20. The van der Waals surface area contributed by atoms with E-state index in [1.54, 1.807) is 0 Å². The van der Waals surface area contributed by atoms with Gasteiger partial charge in [0.2, 0.25) is 0 Å². The summed E-state index contributed by atoms with van der Waals surface area (Å²) in [4.78, 5) is 0. The molecule has 0 saturated carbocycles. The highest BCUT2D eigenvalue weighted by molar-refractivity contribution is 6.09. The summed E-state index contributed by atoms with van der Waals surface area (Å²) in [5.41, 5.74) is 3.52. The molecule has 0 radical (unpaired) electrons. The zero-order valence-electron chi connectivity index (χ0n) is 14.8. The Bertz CT molecular complexity index is 1130. The van der Waals surface area contributed by atoms with Gasteiger partial charge in [-0.05, 0) is 40.6 Å². The molecule has 128 valence electrons. The van der Waals surface area contributed by atoms with Gasteiger partial charge in [-0.3, -0.25) is 0 Å². The van der Waals surface area contributed by atoms with Crippen LogP contribution in [-0.4, -0.2) is 13.2 Å². The van der Waals surface area contributed by atoms with Crippen LogP contribution in [0.4, 0.5) is 0 Å². The molecule has 1 aliphatic rings. The first-order chi connectivity index (χ1) is 12.8. The lowest BCUT2D eigenvalue weighted by atomic mass is 9.91. The normalized spacial score (nSPS) is 13.7. The zero-order valence-corrected chi connectivity index (χ0v) is 14.8. The van der Waals surface area contributed by atoms with E-state index in [9.17, 15) is 0 Å². The van der Waals surface area contributed by atoms with Gasteiger partial charge in [-0.25, -0.2) is 0 Å². The van der Waals surface area contributed by atoms with Crippen LogP contribution in [0.5, 0.6) is 11.5 Å². The number of benzene rings is 4. The van der Waals surface area contributed by atoms with E-state index < -0.39 is 0 Å². The Balaban J connectivity index is 1.97. The number of hydrogen-bond donors (Lipinski definition) is 0. The molecule has 0 fully saturated rings. The third-order valence-electron chi connectivity index (χ3n) is 5.08. The van der Waals surface area contributed by atoms with E-state index in [0.717, 1.165) is 29.0 Å². The van der Waals surface area contributed by atoms with Gasteiger partial charge in [0.15, 0.2) is 0 Å². The second-order valence-electron chi connectivity index (χ2n) is 6.87. The van der Waals surface area contributed by atoms with Crippen molar-refractivity contribution in [1.82, 2.24) is 0 Å². The average Bonchev–Trinajstić information content (AvgIpc) is 2.76. The maximum Gasteiger partial charge on any atom is 0.127 e. The largest absolute Gasteiger partial charge is 0.493 e. The van der Waals surface area contributed by atoms with Crippen molar-refractivity contribution in [3.8, 4) is 22.6 Å². The lowest BCUT2D eigenvalue weighted by Gasteiger charge is -2.18. The first-order valence-corrected chi connectivity index (χ1v) is 9.12. The molecule has 5 rings (SSSR count). The molecule has 0 saturated heterocycles. The molecule has 0 aromatic heterocycles. The third-order valence-corrected chi connectivity index (χ3v) is 5.08. The van der Waals surface area contributed by atoms with Crippen LogP contribution in [0, 0.1) is 6.92 Å². The molecule has 2 nitrogen and oxygen atoms in total. The minimum absolute atomic E-state index is 0.663. The minimum atomic E-state index is 0.663. The summed E-state index contributed by atoms with van der Waals surface area (Å²) in [7, 11) is 0. The van der Waals surface area contributed by atoms with E-state index >= 15 is 0 Å². The van der Waals surface area contributed by atoms with Crippen molar-refractivity contribution in [2.75, 3.05) is 13.2 Å². The predicted octanol–water partition coefficient (Wildman–Crippen LogP) is 6.13. The monoisotopic (exact) mass is 340 g/mol. The predicted molar refractivity (Wildman–Crippen MR) is 107 cm³/mol. The highest BCUT2D eigenvalue weighted by Crippen LogP contribution is 2.46. The van der Waals surface area contributed by atoms with Crippen molar-refractivity contribution in [2.45, 2.75) is 13.3 Å². The Morgan fingerprint density at radius 3 is 2.04 bits per heavy atom. The molecule has 0 unspecified atom stereocenters. The van der Waals surface area contributed by atoms with Gasteiger partial charge in [-0.2, -0.15) is 0 Å². The Hall–Kier alpha value is -3.00. The van der Waals surface area contributed by atoms with Gasteiger partial charge in [-0.15, -0.1) is 0 Å². The standard InChI is InChI=1S/C24H20O2/c1-16-7-8-18-10-12-22-24(20(18)15-16)23-19-6-3-2-5-17(19)9-11-21(23)25-13-4-14-26-22/h2-3,5-12,15H,4,13-14H2,1H3. The molecule has 0 amide bonds. The molecule has 2 heteroatoms. The molecule has 4 aromatic carbocycles. The van der Waals surface area contributed by atoms with Crippen LogP contribution < -0.4 is 9.47 Å². The number of fused-ring (bicyclic) bond motifs is 7. The summed E-state index contributed by atoms with van der Waals surface area (Å²) < 4.78 is 12.4. The van der Waals surface area contributed by atoms with Gasteiger partial charge in [0.25, 0.3) is 0 Å². The first kappa shape index (κ1) is 15.3. The summed E-state index contributed by atoms with van der Waals surface area (Å²) in [6.07, 6.45) is 0.873. The molecule has 0 N–H and O–H groups in total. The molecule has 4 aromatic rings. The highest BCUT2D eigenvalue weighted by atomic mass is 16.5. The molecule has 26 heavy (non-hydrogen) atoms. The molecule has 0 spiro atoms. The Kier molecular flexibility index (Phi) is 3.56. The number of hydrogen-bond acceptors (Lipinski definition) is 2. The molecule has 1 aliphatic heterocycles. The quantitative estimate of drug-likeness (QED) is 0.383. The molecule has 1 heterocycles. The van der Waals surface area contributed by atoms with Crippen LogP contribution in [0.25, 0.3) is 32.7 Å². The van der Waals surface area contributed by atoms with Crippen molar-refractivity contribution in [3.05, 3.63) is 72.3 Å². The second kappa shape index (κ2) is 6.06. The maximum atomic E-state index is 6.18. The van der Waals surface area contributed by atoms with Crippen LogP contribution >= 0.6 is 0 Å². The van der Waals surface area contributed by atoms with Gasteiger partial charge in [0.1, 0.15) is 11.5 Å².